The molecule has 0 N–H and O–H groups in total. The van der Waals surface area contributed by atoms with Crippen molar-refractivity contribution in [3.63, 3.8) is 0 Å². The first kappa shape index (κ1) is 13.1. The van der Waals surface area contributed by atoms with Crippen LogP contribution in [0.1, 0.15) is 5.56 Å². The van der Waals surface area contributed by atoms with E-state index in [9.17, 15) is 8.42 Å². The summed E-state index contributed by atoms with van der Waals surface area (Å²) in [6.07, 6.45) is 0.861. The number of sulfonamides is 1. The maximum atomic E-state index is 12.0. The number of hydrogen-bond donors (Lipinski definition) is 1. The predicted octanol–water partition coefficient (Wildman–Crippen LogP) is 1.79. The summed E-state index contributed by atoms with van der Waals surface area (Å²) < 4.78 is 27.2. The van der Waals surface area contributed by atoms with Crippen molar-refractivity contribution in [2.75, 3.05) is 24.9 Å². The van der Waals surface area contributed by atoms with E-state index >= 15 is 0 Å². The van der Waals surface area contributed by atoms with Crippen LogP contribution in [0.4, 0.5) is 5.69 Å². The minimum atomic E-state index is -3.33. The summed E-state index contributed by atoms with van der Waals surface area (Å²) in [6.45, 7) is 0.870. The van der Waals surface area contributed by atoms with Gasteiger partial charge >= 0.3 is 0 Å². The van der Waals surface area contributed by atoms with E-state index in [-0.39, 0.29) is 0 Å². The molecule has 1 aromatic carbocycles. The van der Waals surface area contributed by atoms with Crippen molar-refractivity contribution in [3.05, 3.63) is 23.8 Å². The van der Waals surface area contributed by atoms with Crippen molar-refractivity contribution in [1.82, 2.24) is 4.31 Å². The lowest BCUT2D eigenvalue weighted by Crippen LogP contribution is -2.22. The Hall–Kier alpha value is -0.370. The minimum Gasteiger partial charge on any atom is -0.307 e. The van der Waals surface area contributed by atoms with Crippen LogP contribution in [0.5, 0.6) is 0 Å². The molecule has 7 heteroatoms. The molecule has 1 aliphatic heterocycles. The molecule has 2 rings (SSSR count). The molecule has 0 aromatic heterocycles. The summed E-state index contributed by atoms with van der Waals surface area (Å²) in [7, 11) is 1.11. The molecule has 0 spiro atoms. The van der Waals surface area contributed by atoms with Gasteiger partial charge in [-0.1, -0.05) is 11.7 Å². The highest BCUT2D eigenvalue weighted by atomic mass is 33.1. The Labute approximate surface area is 111 Å². The molecule has 94 valence electrons. The van der Waals surface area contributed by atoms with E-state index < -0.39 is 10.0 Å². The van der Waals surface area contributed by atoms with Crippen LogP contribution in [0.25, 0.3) is 0 Å². The topological polar surface area (TPSA) is 40.6 Å². The van der Waals surface area contributed by atoms with Crippen LogP contribution in [0.2, 0.25) is 0 Å². The largest absolute Gasteiger partial charge is 0.307 e. The van der Waals surface area contributed by atoms with Crippen LogP contribution in [0.15, 0.2) is 23.1 Å². The molecule has 0 atom stereocenters. The lowest BCUT2D eigenvalue weighted by molar-refractivity contribution is 0.520. The maximum Gasteiger partial charge on any atom is 0.242 e. The quantitative estimate of drug-likeness (QED) is 0.523. The molecule has 0 radical (unpaired) electrons. The lowest BCUT2D eigenvalue weighted by Gasteiger charge is -2.15. The summed E-state index contributed by atoms with van der Waals surface area (Å²) in [4.78, 5) is 0.354. The van der Waals surface area contributed by atoms with Gasteiger partial charge < -0.3 is 4.31 Å². The van der Waals surface area contributed by atoms with E-state index in [0.29, 0.717) is 4.90 Å². The van der Waals surface area contributed by atoms with E-state index in [1.165, 1.54) is 15.3 Å². The van der Waals surface area contributed by atoms with Gasteiger partial charge in [0, 0.05) is 31.6 Å². The summed E-state index contributed by atoms with van der Waals surface area (Å²) in [5.74, 6) is 0. The first-order valence-electron chi connectivity index (χ1n) is 5.11. The highest BCUT2D eigenvalue weighted by Gasteiger charge is 2.23. The van der Waals surface area contributed by atoms with Crippen LogP contribution in [0, 0.1) is 0 Å². The van der Waals surface area contributed by atoms with Gasteiger partial charge in [-0.2, -0.15) is 0 Å². The van der Waals surface area contributed by atoms with Crippen LogP contribution in [-0.2, 0) is 16.4 Å². The Morgan fingerprint density at radius 2 is 2.12 bits per heavy atom. The average Bonchev–Trinajstić information content (AvgIpc) is 2.70. The van der Waals surface area contributed by atoms with E-state index in [4.69, 9.17) is 0 Å². The molecule has 17 heavy (non-hydrogen) atoms. The van der Waals surface area contributed by atoms with Gasteiger partial charge in [0.25, 0.3) is 0 Å². The van der Waals surface area contributed by atoms with Gasteiger partial charge in [0.05, 0.1) is 10.6 Å². The lowest BCUT2D eigenvalue weighted by atomic mass is 10.2. The molecule has 0 unspecified atom stereocenters. The van der Waals surface area contributed by atoms with Gasteiger partial charge in [-0.25, -0.2) is 12.7 Å². The van der Waals surface area contributed by atoms with E-state index in [0.717, 1.165) is 24.2 Å². The SMILES string of the molecule is CN(C)S(=O)(=O)c1ccc2c(c1)CCN2SS. The molecule has 0 fully saturated rings. The monoisotopic (exact) mass is 290 g/mol. The number of rotatable bonds is 3. The van der Waals surface area contributed by atoms with E-state index in [1.54, 1.807) is 26.2 Å². The molecule has 1 aromatic rings. The molecule has 0 saturated heterocycles. The Balaban J connectivity index is 2.43. The van der Waals surface area contributed by atoms with Gasteiger partial charge in [0.1, 0.15) is 0 Å². The van der Waals surface area contributed by atoms with Crippen molar-refractivity contribution in [2.24, 2.45) is 0 Å². The van der Waals surface area contributed by atoms with Crippen molar-refractivity contribution in [1.29, 1.82) is 0 Å². The third-order valence-electron chi connectivity index (χ3n) is 2.78. The second-order valence-electron chi connectivity index (χ2n) is 4.01. The van der Waals surface area contributed by atoms with Crippen molar-refractivity contribution >= 4 is 38.4 Å². The molecule has 0 amide bonds. The fraction of sp³-hybridized carbons (Fsp3) is 0.400. The number of fused-ring (bicyclic) bond motifs is 1. The summed E-state index contributed by atoms with van der Waals surface area (Å²) in [6, 6.07) is 5.26. The normalized spacial score (nSPS) is 15.4. The van der Waals surface area contributed by atoms with Gasteiger partial charge in [-0.3, -0.25) is 0 Å². The predicted molar refractivity (Wildman–Crippen MR) is 74.9 cm³/mol. The highest BCUT2D eigenvalue weighted by molar-refractivity contribution is 8.69. The third-order valence-corrected chi connectivity index (χ3v) is 5.76. The number of thiol groups is 1. The molecule has 0 saturated carbocycles. The zero-order valence-corrected chi connectivity index (χ0v) is 12.1. The zero-order valence-electron chi connectivity index (χ0n) is 9.62. The second kappa shape index (κ2) is 4.72. The van der Waals surface area contributed by atoms with Crippen molar-refractivity contribution in [2.45, 2.75) is 11.3 Å². The molecule has 0 aliphatic carbocycles. The smallest absolute Gasteiger partial charge is 0.242 e. The zero-order chi connectivity index (χ0) is 12.6. The van der Waals surface area contributed by atoms with Crippen molar-refractivity contribution in [3.8, 4) is 0 Å². The van der Waals surface area contributed by atoms with Gasteiger partial charge in [0.15, 0.2) is 0 Å². The standard InChI is InChI=1S/C10H14N2O2S3/c1-11(2)17(13,14)9-3-4-10-8(7-9)5-6-12(10)16-15/h3-4,7,15H,5-6H2,1-2H3. The Kier molecular flexibility index (Phi) is 3.63. The van der Waals surface area contributed by atoms with E-state index in [1.807, 2.05) is 10.4 Å². The van der Waals surface area contributed by atoms with Gasteiger partial charge in [0.2, 0.25) is 10.0 Å². The summed E-state index contributed by atoms with van der Waals surface area (Å²) >= 11 is 4.17. The minimum absolute atomic E-state index is 0.354. The molecule has 4 nitrogen and oxygen atoms in total. The second-order valence-corrected chi connectivity index (χ2v) is 7.26. The Bertz CT molecular complexity index is 528. The van der Waals surface area contributed by atoms with Crippen molar-refractivity contribution < 1.29 is 8.42 Å². The van der Waals surface area contributed by atoms with Crippen LogP contribution < -0.4 is 4.31 Å². The van der Waals surface area contributed by atoms with Crippen LogP contribution >= 0.6 is 22.6 Å². The van der Waals surface area contributed by atoms with Crippen LogP contribution in [-0.4, -0.2) is 33.4 Å². The van der Waals surface area contributed by atoms with Crippen LogP contribution in [0.3, 0.4) is 0 Å². The first-order chi connectivity index (χ1) is 7.96. The number of nitrogens with zero attached hydrogens (tertiary/aromatic N) is 2. The number of anilines is 1. The average molecular weight is 290 g/mol. The van der Waals surface area contributed by atoms with Gasteiger partial charge in [-0.05, 0) is 30.2 Å². The highest BCUT2D eigenvalue weighted by Crippen LogP contribution is 2.35. The van der Waals surface area contributed by atoms with Gasteiger partial charge in [-0.15, -0.1) is 0 Å². The molecule has 1 aliphatic rings. The third kappa shape index (κ3) is 2.29. The summed E-state index contributed by atoms with van der Waals surface area (Å²) in [5, 5.41) is 0. The Morgan fingerprint density at radius 3 is 2.71 bits per heavy atom. The first-order valence-corrected chi connectivity index (χ1v) is 8.38. The fourth-order valence-electron chi connectivity index (χ4n) is 1.80. The fourth-order valence-corrected chi connectivity index (χ4v) is 3.70. The number of hydrogen-bond acceptors (Lipinski definition) is 5. The molecular formula is C10H14N2O2S3. The summed E-state index contributed by atoms with van der Waals surface area (Å²) in [5.41, 5.74) is 2.12. The molecule has 0 bridgehead atoms. The molecule has 1 heterocycles. The maximum absolute atomic E-state index is 12.0. The Morgan fingerprint density at radius 1 is 1.41 bits per heavy atom. The van der Waals surface area contributed by atoms with E-state index in [2.05, 4.69) is 11.7 Å². The number of benzene rings is 1. The molecular weight excluding hydrogens is 276 g/mol.